The largest absolute Gasteiger partial charge is 0.481 e. The monoisotopic (exact) mass is 270 g/mol. The van der Waals surface area contributed by atoms with Crippen LogP contribution in [0.2, 0.25) is 5.02 Å². The minimum atomic E-state index is -0.543. The number of carbonyl (C=O) groups excluding carboxylic acids is 1. The third kappa shape index (κ3) is 3.62. The van der Waals surface area contributed by atoms with Crippen molar-refractivity contribution in [3.8, 4) is 5.75 Å². The molecule has 1 amide bonds. The van der Waals surface area contributed by atoms with E-state index in [4.69, 9.17) is 16.3 Å². The number of hydrogen-bond acceptors (Lipinski definition) is 3. The van der Waals surface area contributed by atoms with E-state index in [0.29, 0.717) is 10.8 Å². The Morgan fingerprint density at radius 2 is 2.00 bits per heavy atom. The van der Waals surface area contributed by atoms with Crippen LogP contribution in [0.3, 0.4) is 0 Å². The van der Waals surface area contributed by atoms with Crippen LogP contribution in [0.5, 0.6) is 5.75 Å². The molecule has 1 aromatic rings. The Bertz CT molecular complexity index is 423. The number of nitrogens with one attached hydrogen (secondary N) is 2. The maximum absolute atomic E-state index is 11.5. The van der Waals surface area contributed by atoms with Gasteiger partial charge >= 0.3 is 0 Å². The highest BCUT2D eigenvalue weighted by Gasteiger charge is 2.17. The van der Waals surface area contributed by atoms with Crippen LogP contribution in [0.1, 0.15) is 25.5 Å². The van der Waals surface area contributed by atoms with Gasteiger partial charge in [-0.1, -0.05) is 11.6 Å². The first-order valence-corrected chi connectivity index (χ1v) is 6.22. The van der Waals surface area contributed by atoms with Crippen molar-refractivity contribution in [3.05, 3.63) is 28.8 Å². The molecule has 0 bridgehead atoms. The molecule has 0 heterocycles. The molecule has 100 valence electrons. The van der Waals surface area contributed by atoms with Gasteiger partial charge < -0.3 is 15.4 Å². The number of halogens is 1. The normalized spacial score (nSPS) is 13.8. The molecular formula is C13H19ClN2O2. The van der Waals surface area contributed by atoms with E-state index in [1.165, 1.54) is 0 Å². The van der Waals surface area contributed by atoms with Crippen LogP contribution in [0.4, 0.5) is 0 Å². The van der Waals surface area contributed by atoms with Gasteiger partial charge in [0, 0.05) is 23.7 Å². The van der Waals surface area contributed by atoms with Gasteiger partial charge in [0.25, 0.3) is 5.91 Å². The molecule has 2 unspecified atom stereocenters. The number of ether oxygens (including phenoxy) is 1. The summed E-state index contributed by atoms with van der Waals surface area (Å²) in [6.45, 7) is 3.71. The SMILES string of the molecule is CNC(=O)C(C)Oc1ccc(Cl)cc1C(C)NC. The highest BCUT2D eigenvalue weighted by molar-refractivity contribution is 6.30. The van der Waals surface area contributed by atoms with Gasteiger partial charge in [0.05, 0.1) is 0 Å². The predicted octanol–water partition coefficient (Wildman–Crippen LogP) is 2.13. The minimum Gasteiger partial charge on any atom is -0.481 e. The van der Waals surface area contributed by atoms with Crippen molar-refractivity contribution in [2.24, 2.45) is 0 Å². The molecule has 0 aliphatic rings. The van der Waals surface area contributed by atoms with Crippen LogP contribution >= 0.6 is 11.6 Å². The van der Waals surface area contributed by atoms with E-state index in [1.807, 2.05) is 20.0 Å². The summed E-state index contributed by atoms with van der Waals surface area (Å²) >= 11 is 5.98. The Balaban J connectivity index is 2.97. The van der Waals surface area contributed by atoms with Crippen molar-refractivity contribution < 1.29 is 9.53 Å². The van der Waals surface area contributed by atoms with Crippen LogP contribution in [0, 0.1) is 0 Å². The molecule has 0 spiro atoms. The third-order valence-corrected chi connectivity index (χ3v) is 3.03. The van der Waals surface area contributed by atoms with Gasteiger partial charge in [-0.2, -0.15) is 0 Å². The van der Waals surface area contributed by atoms with Crippen molar-refractivity contribution in [2.75, 3.05) is 14.1 Å². The lowest BCUT2D eigenvalue weighted by atomic mass is 10.1. The number of hydrogen-bond donors (Lipinski definition) is 2. The molecule has 0 aromatic heterocycles. The summed E-state index contributed by atoms with van der Waals surface area (Å²) in [5.41, 5.74) is 0.931. The van der Waals surface area contributed by atoms with E-state index in [0.717, 1.165) is 5.56 Å². The van der Waals surface area contributed by atoms with Crippen molar-refractivity contribution in [1.82, 2.24) is 10.6 Å². The van der Waals surface area contributed by atoms with Gasteiger partial charge in [0.15, 0.2) is 6.10 Å². The minimum absolute atomic E-state index is 0.0931. The van der Waals surface area contributed by atoms with Crippen molar-refractivity contribution in [1.29, 1.82) is 0 Å². The summed E-state index contributed by atoms with van der Waals surface area (Å²) < 4.78 is 5.67. The summed E-state index contributed by atoms with van der Waals surface area (Å²) in [7, 11) is 3.44. The van der Waals surface area contributed by atoms with Crippen molar-refractivity contribution >= 4 is 17.5 Å². The standard InChI is InChI=1S/C13H19ClN2O2/c1-8(15-3)11-7-10(14)5-6-12(11)18-9(2)13(17)16-4/h5-9,15H,1-4H3,(H,16,17). The molecule has 0 aliphatic heterocycles. The van der Waals surface area contributed by atoms with E-state index in [9.17, 15) is 4.79 Å². The number of carbonyl (C=O) groups is 1. The maximum Gasteiger partial charge on any atom is 0.260 e. The molecule has 0 fully saturated rings. The van der Waals surface area contributed by atoms with Gasteiger partial charge in [0.1, 0.15) is 5.75 Å². The lowest BCUT2D eigenvalue weighted by Gasteiger charge is -2.19. The Morgan fingerprint density at radius 3 is 2.56 bits per heavy atom. The molecule has 1 aromatic carbocycles. The number of rotatable bonds is 5. The molecule has 2 atom stereocenters. The fraction of sp³-hybridized carbons (Fsp3) is 0.462. The Hall–Kier alpha value is -1.26. The van der Waals surface area contributed by atoms with E-state index in [2.05, 4.69) is 10.6 Å². The smallest absolute Gasteiger partial charge is 0.260 e. The van der Waals surface area contributed by atoms with Gasteiger partial charge in [-0.3, -0.25) is 4.79 Å². The topological polar surface area (TPSA) is 50.4 Å². The summed E-state index contributed by atoms with van der Waals surface area (Å²) in [5.74, 6) is 0.505. The zero-order valence-corrected chi connectivity index (χ0v) is 11.8. The molecule has 18 heavy (non-hydrogen) atoms. The average Bonchev–Trinajstić information content (AvgIpc) is 2.38. The van der Waals surface area contributed by atoms with E-state index in [1.54, 1.807) is 26.1 Å². The van der Waals surface area contributed by atoms with Crippen LogP contribution < -0.4 is 15.4 Å². The molecule has 0 saturated heterocycles. The van der Waals surface area contributed by atoms with E-state index < -0.39 is 6.10 Å². The quantitative estimate of drug-likeness (QED) is 0.862. The Labute approximate surface area is 113 Å². The number of likely N-dealkylation sites (N-methyl/N-ethyl adjacent to an activating group) is 1. The molecular weight excluding hydrogens is 252 g/mol. The zero-order chi connectivity index (χ0) is 13.7. The van der Waals surface area contributed by atoms with Gasteiger partial charge in [-0.15, -0.1) is 0 Å². The highest BCUT2D eigenvalue weighted by Crippen LogP contribution is 2.28. The average molecular weight is 271 g/mol. The van der Waals surface area contributed by atoms with E-state index >= 15 is 0 Å². The van der Waals surface area contributed by atoms with E-state index in [-0.39, 0.29) is 11.9 Å². The molecule has 0 saturated carbocycles. The molecule has 0 aliphatic carbocycles. The first kappa shape index (κ1) is 14.8. The fourth-order valence-corrected chi connectivity index (χ4v) is 1.75. The van der Waals surface area contributed by atoms with Crippen molar-refractivity contribution in [2.45, 2.75) is 26.0 Å². The van der Waals surface area contributed by atoms with Gasteiger partial charge in [-0.25, -0.2) is 0 Å². The maximum atomic E-state index is 11.5. The first-order valence-electron chi connectivity index (χ1n) is 5.84. The second-order valence-corrected chi connectivity index (χ2v) is 4.50. The molecule has 4 nitrogen and oxygen atoms in total. The lowest BCUT2D eigenvalue weighted by molar-refractivity contribution is -0.126. The molecule has 1 rings (SSSR count). The summed E-state index contributed by atoms with van der Waals surface area (Å²) in [4.78, 5) is 11.5. The molecule has 0 radical (unpaired) electrons. The Kier molecular flexibility index (Phi) is 5.44. The first-order chi connectivity index (χ1) is 8.49. The third-order valence-electron chi connectivity index (χ3n) is 2.79. The van der Waals surface area contributed by atoms with Crippen LogP contribution in [-0.4, -0.2) is 26.1 Å². The summed E-state index contributed by atoms with van der Waals surface area (Å²) in [6.07, 6.45) is -0.543. The number of benzene rings is 1. The predicted molar refractivity (Wildman–Crippen MR) is 73.1 cm³/mol. The molecule has 2 N–H and O–H groups in total. The van der Waals surface area contributed by atoms with Gasteiger partial charge in [-0.05, 0) is 39.1 Å². The summed E-state index contributed by atoms with van der Waals surface area (Å²) in [5, 5.41) is 6.32. The zero-order valence-electron chi connectivity index (χ0n) is 11.1. The molecule has 5 heteroatoms. The fourth-order valence-electron chi connectivity index (χ4n) is 1.57. The van der Waals surface area contributed by atoms with Crippen LogP contribution in [0.25, 0.3) is 0 Å². The van der Waals surface area contributed by atoms with Crippen molar-refractivity contribution in [3.63, 3.8) is 0 Å². The second kappa shape index (κ2) is 6.61. The summed E-state index contributed by atoms with van der Waals surface area (Å²) in [6, 6.07) is 5.47. The number of amides is 1. The lowest BCUT2D eigenvalue weighted by Crippen LogP contribution is -2.34. The van der Waals surface area contributed by atoms with Crippen LogP contribution in [0.15, 0.2) is 18.2 Å². The second-order valence-electron chi connectivity index (χ2n) is 4.07. The van der Waals surface area contributed by atoms with Crippen LogP contribution in [-0.2, 0) is 4.79 Å². The van der Waals surface area contributed by atoms with Gasteiger partial charge in [0.2, 0.25) is 0 Å². The Morgan fingerprint density at radius 1 is 1.33 bits per heavy atom. The highest BCUT2D eigenvalue weighted by atomic mass is 35.5.